The molecule has 32 heavy (non-hydrogen) atoms. The Bertz CT molecular complexity index is 1180. The summed E-state index contributed by atoms with van der Waals surface area (Å²) in [6, 6.07) is 8.40. The highest BCUT2D eigenvalue weighted by Crippen LogP contribution is 2.35. The number of piperidine rings is 1. The summed E-state index contributed by atoms with van der Waals surface area (Å²) in [5.41, 5.74) is 2.74. The molecule has 2 unspecified atom stereocenters. The van der Waals surface area contributed by atoms with Crippen LogP contribution in [-0.2, 0) is 22.6 Å². The maximum atomic E-state index is 14.1. The van der Waals surface area contributed by atoms with Gasteiger partial charge in [0.15, 0.2) is 0 Å². The fraction of sp³-hybridized carbons (Fsp3) is 0.304. The van der Waals surface area contributed by atoms with E-state index in [9.17, 15) is 23.6 Å². The van der Waals surface area contributed by atoms with Gasteiger partial charge in [0, 0.05) is 35.8 Å². The highest BCUT2D eigenvalue weighted by atomic mass is 19.1. The largest absolute Gasteiger partial charge is 0.326 e. The zero-order valence-electron chi connectivity index (χ0n) is 17.4. The monoisotopic (exact) mass is 436 g/mol. The van der Waals surface area contributed by atoms with Gasteiger partial charge in [-0.2, -0.15) is 0 Å². The second-order valence-corrected chi connectivity index (χ2v) is 8.36. The number of urea groups is 1. The topological polar surface area (TPSA) is 98.8 Å². The molecule has 8 nitrogen and oxygen atoms in total. The standard InChI is InChI=1S/C23H21FN4O4/c1-12-9-16-17(24)3-2-4-18(16)28(12)23(32)25-14-5-6-15-13(10-14)11-27(22(15)31)19-7-8-20(29)26-21(19)30/h2-6,10,12,19H,7-9,11H2,1H3,(H,25,32)(H,26,29,30). The van der Waals surface area contributed by atoms with E-state index in [1.165, 1.54) is 15.9 Å². The number of amides is 5. The molecule has 0 aliphatic carbocycles. The minimum Gasteiger partial charge on any atom is -0.322 e. The van der Waals surface area contributed by atoms with Crippen LogP contribution in [0.2, 0.25) is 0 Å². The highest BCUT2D eigenvalue weighted by molar-refractivity contribution is 6.07. The summed E-state index contributed by atoms with van der Waals surface area (Å²) >= 11 is 0. The summed E-state index contributed by atoms with van der Waals surface area (Å²) in [6.45, 7) is 2.08. The fourth-order valence-electron chi connectivity index (χ4n) is 4.74. The number of carbonyl (C=O) groups is 4. The third kappa shape index (κ3) is 3.21. The van der Waals surface area contributed by atoms with Gasteiger partial charge in [-0.15, -0.1) is 0 Å². The Hall–Kier alpha value is -3.75. The number of carbonyl (C=O) groups excluding carboxylic acids is 4. The third-order valence-electron chi connectivity index (χ3n) is 6.29. The van der Waals surface area contributed by atoms with Crippen molar-refractivity contribution in [1.82, 2.24) is 10.2 Å². The summed E-state index contributed by atoms with van der Waals surface area (Å²) in [7, 11) is 0. The molecule has 3 aliphatic rings. The van der Waals surface area contributed by atoms with Gasteiger partial charge in [0.2, 0.25) is 11.8 Å². The lowest BCUT2D eigenvalue weighted by molar-refractivity contribution is -0.136. The van der Waals surface area contributed by atoms with E-state index >= 15 is 0 Å². The van der Waals surface area contributed by atoms with Gasteiger partial charge in [-0.3, -0.25) is 24.6 Å². The van der Waals surface area contributed by atoms with Crippen molar-refractivity contribution in [2.24, 2.45) is 0 Å². The van der Waals surface area contributed by atoms with E-state index in [1.807, 2.05) is 6.92 Å². The quantitative estimate of drug-likeness (QED) is 0.707. The van der Waals surface area contributed by atoms with Crippen LogP contribution in [0.1, 0.15) is 41.3 Å². The minimum absolute atomic E-state index is 0.188. The lowest BCUT2D eigenvalue weighted by Gasteiger charge is -2.29. The first-order chi connectivity index (χ1) is 15.3. The van der Waals surface area contributed by atoms with Crippen LogP contribution in [0.15, 0.2) is 36.4 Å². The Labute approximate surface area is 183 Å². The number of anilines is 2. The molecule has 0 aromatic heterocycles. The average molecular weight is 436 g/mol. The second-order valence-electron chi connectivity index (χ2n) is 8.36. The molecule has 5 rings (SSSR count). The fourth-order valence-corrected chi connectivity index (χ4v) is 4.74. The molecule has 2 aromatic rings. The zero-order valence-corrected chi connectivity index (χ0v) is 17.4. The summed E-state index contributed by atoms with van der Waals surface area (Å²) in [5, 5.41) is 5.12. The SMILES string of the molecule is CC1Cc2c(F)cccc2N1C(=O)Nc1ccc2c(c1)CN(C1CCC(=O)NC1=O)C2=O. The van der Waals surface area contributed by atoms with E-state index < -0.39 is 11.9 Å². The number of hydrogen-bond acceptors (Lipinski definition) is 4. The third-order valence-corrected chi connectivity index (χ3v) is 6.29. The molecule has 0 radical (unpaired) electrons. The van der Waals surface area contributed by atoms with Crippen LogP contribution in [-0.4, -0.2) is 40.7 Å². The Balaban J connectivity index is 1.34. The molecule has 5 amide bonds. The first-order valence-corrected chi connectivity index (χ1v) is 10.5. The Kier molecular flexibility index (Phi) is 4.69. The minimum atomic E-state index is -0.692. The molecule has 3 heterocycles. The summed E-state index contributed by atoms with van der Waals surface area (Å²) in [5.74, 6) is -1.40. The van der Waals surface area contributed by atoms with Gasteiger partial charge < -0.3 is 10.2 Å². The number of imide groups is 1. The van der Waals surface area contributed by atoms with Crippen molar-refractivity contribution in [1.29, 1.82) is 0 Å². The normalized spacial score (nSPS) is 22.0. The molecule has 2 atom stereocenters. The number of rotatable bonds is 2. The molecule has 9 heteroatoms. The van der Waals surface area contributed by atoms with Crippen LogP contribution >= 0.6 is 0 Å². The van der Waals surface area contributed by atoms with Gasteiger partial charge in [-0.1, -0.05) is 6.07 Å². The molecule has 1 fully saturated rings. The van der Waals surface area contributed by atoms with Crippen molar-refractivity contribution in [3.8, 4) is 0 Å². The molecular formula is C23H21FN4O4. The lowest BCUT2D eigenvalue weighted by atomic mass is 10.0. The van der Waals surface area contributed by atoms with E-state index in [0.717, 1.165) is 0 Å². The predicted octanol–water partition coefficient (Wildman–Crippen LogP) is 2.57. The maximum Gasteiger partial charge on any atom is 0.326 e. The van der Waals surface area contributed by atoms with Crippen LogP contribution in [0.25, 0.3) is 0 Å². The van der Waals surface area contributed by atoms with Gasteiger partial charge in [0.1, 0.15) is 11.9 Å². The number of nitrogens with one attached hydrogen (secondary N) is 2. The van der Waals surface area contributed by atoms with Crippen LogP contribution in [0.4, 0.5) is 20.6 Å². The van der Waals surface area contributed by atoms with Gasteiger partial charge in [-0.05, 0) is 55.7 Å². The van der Waals surface area contributed by atoms with E-state index in [2.05, 4.69) is 10.6 Å². The summed E-state index contributed by atoms with van der Waals surface area (Å²) in [6.07, 6.45) is 0.916. The molecule has 0 spiro atoms. The van der Waals surface area contributed by atoms with Crippen molar-refractivity contribution < 1.29 is 23.6 Å². The molecule has 1 saturated heterocycles. The van der Waals surface area contributed by atoms with E-state index in [0.29, 0.717) is 34.5 Å². The van der Waals surface area contributed by atoms with Gasteiger partial charge in [0.25, 0.3) is 5.91 Å². The van der Waals surface area contributed by atoms with Crippen LogP contribution < -0.4 is 15.5 Å². The number of benzene rings is 2. The molecular weight excluding hydrogens is 415 g/mol. The average Bonchev–Trinajstić information content (AvgIpc) is 3.25. The van der Waals surface area contributed by atoms with Crippen LogP contribution in [0.5, 0.6) is 0 Å². The molecule has 0 saturated carbocycles. The van der Waals surface area contributed by atoms with Crippen LogP contribution in [0.3, 0.4) is 0 Å². The molecule has 2 N–H and O–H groups in total. The van der Waals surface area contributed by atoms with Gasteiger partial charge in [-0.25, -0.2) is 9.18 Å². The molecule has 0 bridgehead atoms. The maximum absolute atomic E-state index is 14.1. The zero-order chi connectivity index (χ0) is 22.6. The van der Waals surface area contributed by atoms with Crippen molar-refractivity contribution in [2.45, 2.75) is 44.8 Å². The number of hydrogen-bond donors (Lipinski definition) is 2. The Morgan fingerprint density at radius 2 is 2.00 bits per heavy atom. The number of halogens is 1. The smallest absolute Gasteiger partial charge is 0.322 e. The number of nitrogens with zero attached hydrogens (tertiary/aromatic N) is 2. The first kappa shape index (κ1) is 20.2. The van der Waals surface area contributed by atoms with Gasteiger partial charge >= 0.3 is 6.03 Å². The van der Waals surface area contributed by atoms with E-state index in [4.69, 9.17) is 0 Å². The van der Waals surface area contributed by atoms with E-state index in [-0.39, 0.29) is 49.1 Å². The first-order valence-electron chi connectivity index (χ1n) is 10.5. The summed E-state index contributed by atoms with van der Waals surface area (Å²) < 4.78 is 14.1. The van der Waals surface area contributed by atoms with Gasteiger partial charge in [0.05, 0.1) is 5.69 Å². The predicted molar refractivity (Wildman–Crippen MR) is 114 cm³/mol. The molecule has 2 aromatic carbocycles. The second kappa shape index (κ2) is 7.44. The summed E-state index contributed by atoms with van der Waals surface area (Å²) in [4.78, 5) is 52.4. The van der Waals surface area contributed by atoms with Crippen molar-refractivity contribution in [3.05, 3.63) is 58.9 Å². The van der Waals surface area contributed by atoms with Crippen LogP contribution in [0, 0.1) is 5.82 Å². The van der Waals surface area contributed by atoms with Crippen molar-refractivity contribution in [3.63, 3.8) is 0 Å². The Morgan fingerprint density at radius 1 is 1.19 bits per heavy atom. The molecule has 164 valence electrons. The highest BCUT2D eigenvalue weighted by Gasteiger charge is 2.39. The van der Waals surface area contributed by atoms with E-state index in [1.54, 1.807) is 30.3 Å². The number of fused-ring (bicyclic) bond motifs is 2. The van der Waals surface area contributed by atoms with Crippen molar-refractivity contribution in [2.75, 3.05) is 10.2 Å². The van der Waals surface area contributed by atoms with Crippen molar-refractivity contribution >= 4 is 35.1 Å². The Morgan fingerprint density at radius 3 is 2.78 bits per heavy atom. The molecule has 3 aliphatic heterocycles. The lowest BCUT2D eigenvalue weighted by Crippen LogP contribution is -2.52.